The maximum absolute atomic E-state index is 12.4. The fourth-order valence-corrected chi connectivity index (χ4v) is 2.70. The van der Waals surface area contributed by atoms with Crippen molar-refractivity contribution >= 4 is 16.9 Å². The summed E-state index contributed by atoms with van der Waals surface area (Å²) in [7, 11) is 0. The topological polar surface area (TPSA) is 53.7 Å². The molecule has 19 heavy (non-hydrogen) atoms. The molecule has 3 rings (SSSR count). The smallest absolute Gasteiger partial charge is 0.289 e. The van der Waals surface area contributed by atoms with Crippen molar-refractivity contribution in [2.45, 2.75) is 25.8 Å². The molecule has 1 aromatic heterocycles. The predicted molar refractivity (Wildman–Crippen MR) is 72.1 cm³/mol. The van der Waals surface area contributed by atoms with Crippen molar-refractivity contribution in [2.75, 3.05) is 13.2 Å². The van der Waals surface area contributed by atoms with Crippen molar-refractivity contribution in [3.63, 3.8) is 0 Å². The number of nitrogens with zero attached hydrogens (tertiary/aromatic N) is 1. The summed E-state index contributed by atoms with van der Waals surface area (Å²) in [6, 6.07) is 7.57. The largest absolute Gasteiger partial charge is 0.451 e. The van der Waals surface area contributed by atoms with Crippen molar-refractivity contribution in [3.8, 4) is 0 Å². The number of fused-ring (bicyclic) bond motifs is 1. The van der Waals surface area contributed by atoms with Crippen LogP contribution in [0.3, 0.4) is 0 Å². The molecule has 0 saturated carbocycles. The van der Waals surface area contributed by atoms with Gasteiger partial charge in [-0.25, -0.2) is 0 Å². The Morgan fingerprint density at radius 3 is 3.11 bits per heavy atom. The normalized spacial score (nSPS) is 19.3. The highest BCUT2D eigenvalue weighted by Crippen LogP contribution is 2.25. The average Bonchev–Trinajstić information content (AvgIpc) is 3.03. The first-order valence-corrected chi connectivity index (χ1v) is 6.61. The van der Waals surface area contributed by atoms with E-state index in [0.29, 0.717) is 12.3 Å². The number of benzene rings is 1. The van der Waals surface area contributed by atoms with Crippen molar-refractivity contribution < 1.29 is 14.3 Å². The minimum atomic E-state index is -0.120. The molecule has 4 nitrogen and oxygen atoms in total. The third-order valence-corrected chi connectivity index (χ3v) is 3.73. The molecule has 2 aromatic rings. The van der Waals surface area contributed by atoms with Gasteiger partial charge in [-0.2, -0.15) is 0 Å². The van der Waals surface area contributed by atoms with E-state index >= 15 is 0 Å². The van der Waals surface area contributed by atoms with Gasteiger partial charge < -0.3 is 14.4 Å². The Bertz CT molecular complexity index is 617. The zero-order valence-electron chi connectivity index (χ0n) is 10.9. The highest BCUT2D eigenvalue weighted by molar-refractivity contribution is 5.96. The van der Waals surface area contributed by atoms with Gasteiger partial charge in [0.15, 0.2) is 5.76 Å². The molecule has 0 aliphatic carbocycles. The first-order valence-electron chi connectivity index (χ1n) is 6.61. The Hall–Kier alpha value is -1.81. The molecule has 1 amide bonds. The van der Waals surface area contributed by atoms with Gasteiger partial charge in [0.2, 0.25) is 0 Å². The molecule has 0 bridgehead atoms. The van der Waals surface area contributed by atoms with E-state index in [-0.39, 0.29) is 18.6 Å². The van der Waals surface area contributed by atoms with Crippen LogP contribution in [-0.4, -0.2) is 35.1 Å². The third kappa shape index (κ3) is 2.12. The van der Waals surface area contributed by atoms with Gasteiger partial charge in [0.05, 0.1) is 12.6 Å². The summed E-state index contributed by atoms with van der Waals surface area (Å²) < 4.78 is 5.62. The lowest BCUT2D eigenvalue weighted by atomic mass is 10.2. The number of hydrogen-bond acceptors (Lipinski definition) is 3. The Labute approximate surface area is 111 Å². The van der Waals surface area contributed by atoms with Gasteiger partial charge in [-0.15, -0.1) is 0 Å². The standard InChI is InChI=1S/C15H17NO3/c1-10-4-5-13-11(7-10)8-14(19-13)15(18)16-6-2-3-12(16)9-17/h4-5,7-8,12,17H,2-3,6,9H2,1H3/t12-/m1/s1. The van der Waals surface area contributed by atoms with Crippen molar-refractivity contribution in [2.24, 2.45) is 0 Å². The summed E-state index contributed by atoms with van der Waals surface area (Å²) in [6.07, 6.45) is 1.80. The van der Waals surface area contributed by atoms with Gasteiger partial charge in [0.1, 0.15) is 5.58 Å². The van der Waals surface area contributed by atoms with E-state index < -0.39 is 0 Å². The molecule has 2 heterocycles. The Morgan fingerprint density at radius 2 is 2.32 bits per heavy atom. The molecule has 1 N–H and O–H groups in total. The number of likely N-dealkylation sites (tertiary alicyclic amines) is 1. The zero-order chi connectivity index (χ0) is 13.4. The second kappa shape index (κ2) is 4.70. The van der Waals surface area contributed by atoms with Crippen molar-refractivity contribution in [1.82, 2.24) is 4.90 Å². The Kier molecular flexibility index (Phi) is 3.03. The molecule has 1 aliphatic rings. The zero-order valence-corrected chi connectivity index (χ0v) is 10.9. The van der Waals surface area contributed by atoms with Gasteiger partial charge >= 0.3 is 0 Å². The van der Waals surface area contributed by atoms with Gasteiger partial charge in [-0.1, -0.05) is 11.6 Å². The van der Waals surface area contributed by atoms with Crippen molar-refractivity contribution in [3.05, 3.63) is 35.6 Å². The average molecular weight is 259 g/mol. The molecule has 4 heteroatoms. The van der Waals surface area contributed by atoms with Crippen LogP contribution < -0.4 is 0 Å². The lowest BCUT2D eigenvalue weighted by Crippen LogP contribution is -2.37. The molecule has 1 fully saturated rings. The lowest BCUT2D eigenvalue weighted by molar-refractivity contribution is 0.0648. The number of aliphatic hydroxyl groups excluding tert-OH is 1. The fourth-order valence-electron chi connectivity index (χ4n) is 2.70. The number of hydrogen-bond donors (Lipinski definition) is 1. The quantitative estimate of drug-likeness (QED) is 0.900. The highest BCUT2D eigenvalue weighted by Gasteiger charge is 2.30. The van der Waals surface area contributed by atoms with E-state index in [1.54, 1.807) is 11.0 Å². The first-order chi connectivity index (χ1) is 9.19. The van der Waals surface area contributed by atoms with Gasteiger partial charge in [0, 0.05) is 11.9 Å². The summed E-state index contributed by atoms with van der Waals surface area (Å²) in [5.74, 6) is 0.242. The molecular weight excluding hydrogens is 242 g/mol. The molecule has 0 unspecified atom stereocenters. The number of furan rings is 1. The second-order valence-electron chi connectivity index (χ2n) is 5.13. The van der Waals surface area contributed by atoms with Crippen LogP contribution in [-0.2, 0) is 0 Å². The Morgan fingerprint density at radius 1 is 1.47 bits per heavy atom. The molecule has 1 aliphatic heterocycles. The summed E-state index contributed by atoms with van der Waals surface area (Å²) in [6.45, 7) is 2.72. The predicted octanol–water partition coefficient (Wildman–Crippen LogP) is 2.34. The van der Waals surface area contributed by atoms with Crippen LogP contribution in [0.15, 0.2) is 28.7 Å². The summed E-state index contributed by atoms with van der Waals surface area (Å²) >= 11 is 0. The summed E-state index contributed by atoms with van der Waals surface area (Å²) in [4.78, 5) is 14.1. The molecular formula is C15H17NO3. The second-order valence-corrected chi connectivity index (χ2v) is 5.13. The Balaban J connectivity index is 1.93. The number of aliphatic hydroxyl groups is 1. The maximum Gasteiger partial charge on any atom is 0.289 e. The fraction of sp³-hybridized carbons (Fsp3) is 0.400. The molecule has 0 radical (unpaired) electrons. The van der Waals surface area contributed by atoms with E-state index in [1.165, 1.54) is 0 Å². The summed E-state index contributed by atoms with van der Waals surface area (Å²) in [5.41, 5.74) is 1.87. The van der Waals surface area contributed by atoms with E-state index in [2.05, 4.69) is 0 Å². The van der Waals surface area contributed by atoms with Crippen LogP contribution in [0.5, 0.6) is 0 Å². The van der Waals surface area contributed by atoms with Gasteiger partial charge in [0.25, 0.3) is 5.91 Å². The molecule has 100 valence electrons. The molecule has 1 atom stereocenters. The van der Waals surface area contributed by atoms with E-state index in [4.69, 9.17) is 4.42 Å². The third-order valence-electron chi connectivity index (χ3n) is 3.73. The van der Waals surface area contributed by atoms with E-state index in [9.17, 15) is 9.90 Å². The number of amides is 1. The first kappa shape index (κ1) is 12.2. The van der Waals surface area contributed by atoms with Gasteiger partial charge in [-0.3, -0.25) is 4.79 Å². The van der Waals surface area contributed by atoms with Crippen LogP contribution in [0.4, 0.5) is 0 Å². The maximum atomic E-state index is 12.4. The van der Waals surface area contributed by atoms with Crippen LogP contribution in [0.25, 0.3) is 11.0 Å². The SMILES string of the molecule is Cc1ccc2oc(C(=O)N3CCC[C@@H]3CO)cc2c1. The lowest BCUT2D eigenvalue weighted by Gasteiger charge is -2.21. The number of carbonyl (C=O) groups is 1. The number of rotatable bonds is 2. The molecule has 1 aromatic carbocycles. The number of aryl methyl sites for hydroxylation is 1. The minimum Gasteiger partial charge on any atom is -0.451 e. The summed E-state index contributed by atoms with van der Waals surface area (Å²) in [5, 5.41) is 10.2. The van der Waals surface area contributed by atoms with Crippen LogP contribution in [0, 0.1) is 6.92 Å². The molecule has 0 spiro atoms. The van der Waals surface area contributed by atoms with E-state index in [0.717, 1.165) is 29.4 Å². The monoisotopic (exact) mass is 259 g/mol. The van der Waals surface area contributed by atoms with Gasteiger partial charge in [-0.05, 0) is 38.0 Å². The van der Waals surface area contributed by atoms with E-state index in [1.807, 2.05) is 25.1 Å². The number of carbonyl (C=O) groups excluding carboxylic acids is 1. The molecule has 1 saturated heterocycles. The van der Waals surface area contributed by atoms with Crippen LogP contribution >= 0.6 is 0 Å². The van der Waals surface area contributed by atoms with Crippen LogP contribution in [0.2, 0.25) is 0 Å². The van der Waals surface area contributed by atoms with Crippen molar-refractivity contribution in [1.29, 1.82) is 0 Å². The van der Waals surface area contributed by atoms with Crippen LogP contribution in [0.1, 0.15) is 29.0 Å². The minimum absolute atomic E-state index is 0.0189. The highest BCUT2D eigenvalue weighted by atomic mass is 16.3.